The molecule has 0 bridgehead atoms. The minimum atomic E-state index is -4.18. The molecule has 0 aliphatic carbocycles. The van der Waals surface area contributed by atoms with Gasteiger partial charge in [-0.1, -0.05) is 0 Å². The van der Waals surface area contributed by atoms with Gasteiger partial charge in [-0.3, -0.25) is 0 Å². The Morgan fingerprint density at radius 2 is 1.90 bits per heavy atom. The predicted molar refractivity (Wildman–Crippen MR) is 67.8 cm³/mol. The molecule has 6 nitrogen and oxygen atoms in total. The Balaban J connectivity index is 2.20. The first-order chi connectivity index (χ1) is 9.31. The molecule has 1 heterocycles. The van der Waals surface area contributed by atoms with E-state index < -0.39 is 38.2 Å². The molecule has 2 amide bonds. The number of hydrogen-bond acceptors (Lipinski definition) is 4. The van der Waals surface area contributed by atoms with Gasteiger partial charge in [0, 0.05) is 25.3 Å². The number of urea groups is 1. The van der Waals surface area contributed by atoms with Gasteiger partial charge in [0.2, 0.25) is 0 Å². The number of nitrogen functional groups attached to an aromatic ring is 1. The largest absolute Gasteiger partial charge is 0.399 e. The molecule has 110 valence electrons. The maximum absolute atomic E-state index is 13.6. The lowest BCUT2D eigenvalue weighted by atomic mass is 10.3. The van der Waals surface area contributed by atoms with Crippen LogP contribution in [-0.4, -0.2) is 44.7 Å². The number of amides is 2. The topological polar surface area (TPSA) is 92.5 Å². The van der Waals surface area contributed by atoms with Gasteiger partial charge in [0.15, 0.2) is 9.84 Å². The molecule has 0 unspecified atom stereocenters. The number of nitrogens with one attached hydrogen (secondary N) is 1. The van der Waals surface area contributed by atoms with Crippen LogP contribution < -0.4 is 11.1 Å². The van der Waals surface area contributed by atoms with Gasteiger partial charge in [-0.05, 0) is 12.1 Å². The van der Waals surface area contributed by atoms with E-state index in [0.717, 1.165) is 12.1 Å². The summed E-state index contributed by atoms with van der Waals surface area (Å²) in [5.41, 5.74) is 5.03. The summed E-state index contributed by atoms with van der Waals surface area (Å²) in [6, 6.07) is 1.11. The van der Waals surface area contributed by atoms with Crippen LogP contribution in [0.5, 0.6) is 0 Å². The first-order valence-electron chi connectivity index (χ1n) is 5.81. The number of benzene rings is 1. The second kappa shape index (κ2) is 5.23. The summed E-state index contributed by atoms with van der Waals surface area (Å²) >= 11 is 0. The fourth-order valence-corrected chi connectivity index (χ4v) is 3.31. The average Bonchev–Trinajstić information content (AvgIpc) is 2.70. The number of hydrogen-bond donors (Lipinski definition) is 2. The summed E-state index contributed by atoms with van der Waals surface area (Å²) in [6.45, 7) is 0.655. The van der Waals surface area contributed by atoms with E-state index in [9.17, 15) is 22.0 Å². The van der Waals surface area contributed by atoms with Crippen molar-refractivity contribution in [1.29, 1.82) is 0 Å². The van der Waals surface area contributed by atoms with Gasteiger partial charge < -0.3 is 16.0 Å². The van der Waals surface area contributed by atoms with Crippen molar-refractivity contribution in [3.8, 4) is 0 Å². The summed E-state index contributed by atoms with van der Waals surface area (Å²) in [5.74, 6) is -3.01. The maximum Gasteiger partial charge on any atom is 0.317 e. The quantitative estimate of drug-likeness (QED) is 0.785. The summed E-state index contributed by atoms with van der Waals surface area (Å²) in [7, 11) is -4.18. The minimum Gasteiger partial charge on any atom is -0.399 e. The van der Waals surface area contributed by atoms with Crippen molar-refractivity contribution in [2.24, 2.45) is 0 Å². The highest BCUT2D eigenvalue weighted by Crippen LogP contribution is 2.23. The minimum absolute atomic E-state index is 0.128. The third-order valence-corrected chi connectivity index (χ3v) is 4.64. The van der Waals surface area contributed by atoms with Crippen LogP contribution in [0.4, 0.5) is 19.3 Å². The molecular weight excluding hydrogens is 292 g/mol. The molecule has 0 radical (unpaired) electrons. The highest BCUT2D eigenvalue weighted by molar-refractivity contribution is 7.91. The molecule has 20 heavy (non-hydrogen) atoms. The van der Waals surface area contributed by atoms with Crippen LogP contribution in [0.15, 0.2) is 17.0 Å². The van der Waals surface area contributed by atoms with E-state index in [-0.39, 0.29) is 12.2 Å². The zero-order chi connectivity index (χ0) is 14.9. The van der Waals surface area contributed by atoms with E-state index in [1.165, 1.54) is 4.90 Å². The number of halogens is 2. The van der Waals surface area contributed by atoms with E-state index in [2.05, 4.69) is 5.32 Å². The third-order valence-electron chi connectivity index (χ3n) is 2.91. The number of sulfone groups is 1. The van der Waals surface area contributed by atoms with Crippen LogP contribution in [0.1, 0.15) is 0 Å². The monoisotopic (exact) mass is 305 g/mol. The lowest BCUT2D eigenvalue weighted by Gasteiger charge is -2.14. The molecule has 0 spiro atoms. The fourth-order valence-electron chi connectivity index (χ4n) is 1.93. The zero-order valence-electron chi connectivity index (χ0n) is 10.4. The van der Waals surface area contributed by atoms with Gasteiger partial charge in [-0.25, -0.2) is 22.0 Å². The van der Waals surface area contributed by atoms with E-state index >= 15 is 0 Å². The lowest BCUT2D eigenvalue weighted by Crippen LogP contribution is -2.33. The highest BCUT2D eigenvalue weighted by Gasteiger charge is 2.27. The third kappa shape index (κ3) is 2.82. The SMILES string of the molecule is Nc1cc(F)c(S(=O)(=O)CCN2CCNC2=O)c(F)c1. The second-order valence-electron chi connectivity index (χ2n) is 4.35. The molecular formula is C11H13F2N3O3S. The summed E-state index contributed by atoms with van der Waals surface area (Å²) in [4.78, 5) is 11.5. The van der Waals surface area contributed by atoms with Crippen LogP contribution in [0.2, 0.25) is 0 Å². The maximum atomic E-state index is 13.6. The van der Waals surface area contributed by atoms with Gasteiger partial charge in [0.25, 0.3) is 0 Å². The van der Waals surface area contributed by atoms with Crippen LogP contribution in [0.3, 0.4) is 0 Å². The average molecular weight is 305 g/mol. The second-order valence-corrected chi connectivity index (χ2v) is 6.40. The van der Waals surface area contributed by atoms with Crippen LogP contribution >= 0.6 is 0 Å². The first-order valence-corrected chi connectivity index (χ1v) is 7.46. The van der Waals surface area contributed by atoms with Crippen LogP contribution in [0.25, 0.3) is 0 Å². The van der Waals surface area contributed by atoms with Crippen molar-refractivity contribution in [1.82, 2.24) is 10.2 Å². The molecule has 2 rings (SSSR count). The number of carbonyl (C=O) groups excluding carboxylic acids is 1. The summed E-state index contributed by atoms with van der Waals surface area (Å²) < 4.78 is 51.1. The van der Waals surface area contributed by atoms with Crippen molar-refractivity contribution in [2.45, 2.75) is 4.90 Å². The Morgan fingerprint density at radius 3 is 2.40 bits per heavy atom. The van der Waals surface area contributed by atoms with E-state index in [1.807, 2.05) is 0 Å². The number of nitrogens with zero attached hydrogens (tertiary/aromatic N) is 1. The zero-order valence-corrected chi connectivity index (χ0v) is 11.2. The molecule has 1 aliphatic heterocycles. The fraction of sp³-hybridized carbons (Fsp3) is 0.364. The van der Waals surface area contributed by atoms with Crippen molar-refractivity contribution < 1.29 is 22.0 Å². The lowest BCUT2D eigenvalue weighted by molar-refractivity contribution is 0.220. The molecule has 1 aromatic rings. The number of carbonyl (C=O) groups is 1. The normalized spacial score (nSPS) is 15.5. The standard InChI is InChI=1S/C11H13F2N3O3S/c12-8-5-7(14)6-9(13)10(8)20(18,19)4-3-16-2-1-15-11(16)17/h5-6H,1-4,14H2,(H,15,17). The van der Waals surface area contributed by atoms with E-state index in [1.54, 1.807) is 0 Å². The van der Waals surface area contributed by atoms with E-state index in [0.29, 0.717) is 13.1 Å². The Kier molecular flexibility index (Phi) is 3.80. The molecule has 1 aromatic carbocycles. The molecule has 9 heteroatoms. The highest BCUT2D eigenvalue weighted by atomic mass is 32.2. The van der Waals surface area contributed by atoms with Crippen molar-refractivity contribution in [3.05, 3.63) is 23.8 Å². The Morgan fingerprint density at radius 1 is 1.30 bits per heavy atom. The molecule has 1 fully saturated rings. The first kappa shape index (κ1) is 14.5. The predicted octanol–water partition coefficient (Wildman–Crippen LogP) is 0.346. The Labute approximate surface area is 114 Å². The molecule has 0 saturated carbocycles. The molecule has 1 saturated heterocycles. The van der Waals surface area contributed by atoms with Crippen molar-refractivity contribution >= 4 is 21.6 Å². The number of anilines is 1. The number of nitrogens with two attached hydrogens (primary N) is 1. The number of rotatable bonds is 4. The Bertz CT molecular complexity index is 625. The van der Waals surface area contributed by atoms with Gasteiger partial charge in [-0.15, -0.1) is 0 Å². The van der Waals surface area contributed by atoms with Crippen LogP contribution in [0, 0.1) is 11.6 Å². The van der Waals surface area contributed by atoms with Gasteiger partial charge in [0.1, 0.15) is 16.5 Å². The van der Waals surface area contributed by atoms with Gasteiger partial charge >= 0.3 is 6.03 Å². The van der Waals surface area contributed by atoms with Gasteiger partial charge in [-0.2, -0.15) is 0 Å². The molecule has 1 aliphatic rings. The molecule has 0 atom stereocenters. The van der Waals surface area contributed by atoms with Gasteiger partial charge in [0.05, 0.1) is 5.75 Å². The van der Waals surface area contributed by atoms with Crippen LogP contribution in [-0.2, 0) is 9.84 Å². The van der Waals surface area contributed by atoms with Crippen molar-refractivity contribution in [3.63, 3.8) is 0 Å². The van der Waals surface area contributed by atoms with Crippen molar-refractivity contribution in [2.75, 3.05) is 31.1 Å². The molecule has 3 N–H and O–H groups in total. The molecule has 0 aromatic heterocycles. The summed E-state index contributed by atoms with van der Waals surface area (Å²) in [6.07, 6.45) is 0. The smallest absolute Gasteiger partial charge is 0.317 e. The Hall–Kier alpha value is -1.90. The van der Waals surface area contributed by atoms with E-state index in [4.69, 9.17) is 5.73 Å². The summed E-state index contributed by atoms with van der Waals surface area (Å²) in [5, 5.41) is 2.50.